The minimum atomic E-state index is -0.361. The van der Waals surface area contributed by atoms with Gasteiger partial charge in [-0.2, -0.15) is 5.10 Å². The first-order valence-electron chi connectivity index (χ1n) is 10.3. The zero-order valence-electron chi connectivity index (χ0n) is 18.0. The number of rotatable bonds is 10. The van der Waals surface area contributed by atoms with E-state index in [0.717, 1.165) is 11.1 Å². The van der Waals surface area contributed by atoms with Crippen LogP contribution in [-0.4, -0.2) is 25.3 Å². The molecule has 0 aromatic heterocycles. The van der Waals surface area contributed by atoms with Crippen LogP contribution in [0.25, 0.3) is 0 Å². The second kappa shape index (κ2) is 11.5. The van der Waals surface area contributed by atoms with Gasteiger partial charge in [0.05, 0.1) is 19.4 Å². The number of amides is 1. The van der Waals surface area contributed by atoms with Gasteiger partial charge in [-0.3, -0.25) is 4.79 Å². The van der Waals surface area contributed by atoms with Gasteiger partial charge < -0.3 is 14.2 Å². The normalized spacial score (nSPS) is 10.7. The minimum absolute atomic E-state index is 0.271. The molecule has 0 atom stereocenters. The van der Waals surface area contributed by atoms with E-state index in [2.05, 4.69) is 10.5 Å². The topological polar surface area (TPSA) is 69.2 Å². The Morgan fingerprint density at radius 3 is 2.41 bits per heavy atom. The first kappa shape index (κ1) is 22.8. The van der Waals surface area contributed by atoms with E-state index in [1.54, 1.807) is 54.6 Å². The maximum atomic E-state index is 13.2. The van der Waals surface area contributed by atoms with Crippen molar-refractivity contribution in [1.82, 2.24) is 5.43 Å². The van der Waals surface area contributed by atoms with E-state index in [9.17, 15) is 9.18 Å². The molecule has 1 amide bonds. The number of nitrogens with zero attached hydrogens (tertiary/aromatic N) is 1. The Morgan fingerprint density at radius 1 is 0.938 bits per heavy atom. The quantitative estimate of drug-likeness (QED) is 0.360. The molecule has 0 fully saturated rings. The van der Waals surface area contributed by atoms with Crippen molar-refractivity contribution in [2.24, 2.45) is 5.10 Å². The fourth-order valence-electron chi connectivity index (χ4n) is 2.87. The van der Waals surface area contributed by atoms with Crippen LogP contribution in [0.5, 0.6) is 17.2 Å². The second-order valence-corrected chi connectivity index (χ2v) is 6.71. The molecule has 1 N–H and O–H groups in total. The average molecular weight is 436 g/mol. The number of halogens is 1. The van der Waals surface area contributed by atoms with Gasteiger partial charge in [0, 0.05) is 5.56 Å². The smallest absolute Gasteiger partial charge is 0.271 e. The van der Waals surface area contributed by atoms with E-state index in [-0.39, 0.29) is 18.3 Å². The molecule has 0 saturated carbocycles. The van der Waals surface area contributed by atoms with Crippen LogP contribution in [-0.2, 0) is 6.61 Å². The Morgan fingerprint density at radius 2 is 1.69 bits per heavy atom. The molecule has 166 valence electrons. The third-order valence-electron chi connectivity index (χ3n) is 4.36. The summed E-state index contributed by atoms with van der Waals surface area (Å²) < 4.78 is 29.9. The lowest BCUT2D eigenvalue weighted by Crippen LogP contribution is -2.17. The van der Waals surface area contributed by atoms with Crippen LogP contribution < -0.4 is 19.6 Å². The van der Waals surface area contributed by atoms with Crippen molar-refractivity contribution in [1.29, 1.82) is 0 Å². The Hall–Kier alpha value is -3.87. The van der Waals surface area contributed by atoms with Crippen LogP contribution in [0.4, 0.5) is 4.39 Å². The summed E-state index contributed by atoms with van der Waals surface area (Å²) in [6, 6.07) is 18.4. The molecule has 0 bridgehead atoms. The lowest BCUT2D eigenvalue weighted by atomic mass is 10.2. The van der Waals surface area contributed by atoms with E-state index in [0.29, 0.717) is 36.0 Å². The number of benzene rings is 3. The predicted octanol–water partition coefficient (Wildman–Crippen LogP) is 4.97. The van der Waals surface area contributed by atoms with E-state index < -0.39 is 0 Å². The van der Waals surface area contributed by atoms with Crippen molar-refractivity contribution in [3.8, 4) is 17.2 Å². The highest BCUT2D eigenvalue weighted by Gasteiger charge is 2.11. The van der Waals surface area contributed by atoms with Crippen molar-refractivity contribution in [3.63, 3.8) is 0 Å². The van der Waals surface area contributed by atoms with Crippen LogP contribution in [0.3, 0.4) is 0 Å². The van der Waals surface area contributed by atoms with Gasteiger partial charge in [0.1, 0.15) is 18.2 Å². The Bertz CT molecular complexity index is 1070. The minimum Gasteiger partial charge on any atom is -0.490 e. The lowest BCUT2D eigenvalue weighted by Gasteiger charge is -2.11. The summed E-state index contributed by atoms with van der Waals surface area (Å²) in [6.45, 7) is 4.99. The van der Waals surface area contributed by atoms with Gasteiger partial charge in [-0.15, -0.1) is 0 Å². The highest BCUT2D eigenvalue weighted by molar-refractivity contribution is 5.95. The van der Waals surface area contributed by atoms with E-state index in [4.69, 9.17) is 14.2 Å². The van der Waals surface area contributed by atoms with Crippen molar-refractivity contribution < 1.29 is 23.4 Å². The lowest BCUT2D eigenvalue weighted by molar-refractivity contribution is 0.0954. The van der Waals surface area contributed by atoms with Gasteiger partial charge >= 0.3 is 0 Å². The number of nitrogens with one attached hydrogen (secondary N) is 1. The van der Waals surface area contributed by atoms with Crippen molar-refractivity contribution in [3.05, 3.63) is 89.2 Å². The monoisotopic (exact) mass is 436 g/mol. The highest BCUT2D eigenvalue weighted by Crippen LogP contribution is 2.28. The molecule has 0 radical (unpaired) electrons. The van der Waals surface area contributed by atoms with Gasteiger partial charge in [0.2, 0.25) is 0 Å². The molecule has 6 nitrogen and oxygen atoms in total. The molecule has 32 heavy (non-hydrogen) atoms. The maximum absolute atomic E-state index is 13.2. The molecular weight excluding hydrogens is 411 g/mol. The van der Waals surface area contributed by atoms with Gasteiger partial charge in [0.15, 0.2) is 11.5 Å². The standard InChI is InChI=1S/C25H25FN2O4/c1-3-30-23-13-10-20(15-24(23)31-4-2)25(29)28-27-16-18-8-11-22(12-9-18)32-17-19-6-5-7-21(26)14-19/h5-16H,3-4,17H2,1-2H3,(H,28,29)/b27-16+. The zero-order valence-corrected chi connectivity index (χ0v) is 18.0. The number of ether oxygens (including phenoxy) is 3. The number of hydrazone groups is 1. The van der Waals surface area contributed by atoms with Gasteiger partial charge in [-0.1, -0.05) is 12.1 Å². The number of carbonyl (C=O) groups is 1. The molecular formula is C25H25FN2O4. The molecule has 0 aliphatic rings. The number of carbonyl (C=O) groups excluding carboxylic acids is 1. The molecule has 0 spiro atoms. The fourth-order valence-corrected chi connectivity index (χ4v) is 2.87. The van der Waals surface area contributed by atoms with Crippen LogP contribution in [0, 0.1) is 5.82 Å². The molecule has 0 aliphatic heterocycles. The summed E-state index contributed by atoms with van der Waals surface area (Å²) in [4.78, 5) is 12.4. The Balaban J connectivity index is 1.55. The summed E-state index contributed by atoms with van der Waals surface area (Å²) >= 11 is 0. The van der Waals surface area contributed by atoms with Crippen LogP contribution in [0.15, 0.2) is 71.8 Å². The summed E-state index contributed by atoms with van der Waals surface area (Å²) in [5.74, 6) is 1.10. The van der Waals surface area contributed by atoms with Crippen LogP contribution in [0.2, 0.25) is 0 Å². The van der Waals surface area contributed by atoms with E-state index in [1.807, 2.05) is 13.8 Å². The largest absolute Gasteiger partial charge is 0.490 e. The Labute approximate surface area is 186 Å². The first-order valence-corrected chi connectivity index (χ1v) is 10.3. The highest BCUT2D eigenvalue weighted by atomic mass is 19.1. The van der Waals surface area contributed by atoms with Gasteiger partial charge in [0.25, 0.3) is 5.91 Å². The zero-order chi connectivity index (χ0) is 22.8. The second-order valence-electron chi connectivity index (χ2n) is 6.71. The third-order valence-corrected chi connectivity index (χ3v) is 4.36. The van der Waals surface area contributed by atoms with Gasteiger partial charge in [-0.05, 0) is 79.6 Å². The van der Waals surface area contributed by atoms with Crippen molar-refractivity contribution >= 4 is 12.1 Å². The van der Waals surface area contributed by atoms with Crippen LogP contribution >= 0.6 is 0 Å². The van der Waals surface area contributed by atoms with Crippen molar-refractivity contribution in [2.75, 3.05) is 13.2 Å². The molecule has 7 heteroatoms. The molecule has 0 saturated heterocycles. The molecule has 0 heterocycles. The first-order chi connectivity index (χ1) is 15.6. The van der Waals surface area contributed by atoms with Crippen LogP contribution in [0.1, 0.15) is 35.3 Å². The molecule has 3 aromatic carbocycles. The number of hydrogen-bond acceptors (Lipinski definition) is 5. The maximum Gasteiger partial charge on any atom is 0.271 e. The summed E-state index contributed by atoms with van der Waals surface area (Å²) in [7, 11) is 0. The number of hydrogen-bond donors (Lipinski definition) is 1. The molecule has 3 rings (SSSR count). The summed E-state index contributed by atoms with van der Waals surface area (Å²) in [5.41, 5.74) is 4.45. The summed E-state index contributed by atoms with van der Waals surface area (Å²) in [6.07, 6.45) is 1.53. The van der Waals surface area contributed by atoms with Gasteiger partial charge in [-0.25, -0.2) is 9.82 Å². The predicted molar refractivity (Wildman–Crippen MR) is 121 cm³/mol. The third kappa shape index (κ3) is 6.57. The van der Waals surface area contributed by atoms with Crippen molar-refractivity contribution in [2.45, 2.75) is 20.5 Å². The molecule has 0 unspecified atom stereocenters. The summed E-state index contributed by atoms with van der Waals surface area (Å²) in [5, 5.41) is 4.01. The molecule has 0 aliphatic carbocycles. The van der Waals surface area contributed by atoms with E-state index >= 15 is 0 Å². The Kier molecular flexibility index (Phi) is 8.20. The fraction of sp³-hybridized carbons (Fsp3) is 0.200. The van der Waals surface area contributed by atoms with E-state index in [1.165, 1.54) is 18.3 Å². The average Bonchev–Trinajstić information content (AvgIpc) is 2.80. The molecule has 3 aromatic rings. The SMILES string of the molecule is CCOc1ccc(C(=O)N/N=C/c2ccc(OCc3cccc(F)c3)cc2)cc1OCC.